The summed E-state index contributed by atoms with van der Waals surface area (Å²) >= 11 is 0. The third-order valence-electron chi connectivity index (χ3n) is 3.17. The number of hydrogen-bond donors (Lipinski definition) is 0. The Morgan fingerprint density at radius 1 is 0.952 bits per heavy atom. The molecule has 0 aliphatic carbocycles. The van der Waals surface area contributed by atoms with E-state index in [9.17, 15) is 14.4 Å². The standard InChI is InChI=1S/C14H23NO6/c1-14(2,3)21-13(18)15-7-9(11(16)19-4)6-10(8-15)12(17)20-5/h9-10H,6-8H2,1-5H3/t9-,10+. The monoisotopic (exact) mass is 301 g/mol. The fourth-order valence-electron chi connectivity index (χ4n) is 2.25. The normalized spacial score (nSPS) is 22.4. The molecule has 0 aromatic heterocycles. The lowest BCUT2D eigenvalue weighted by atomic mass is 9.89. The van der Waals surface area contributed by atoms with Crippen molar-refractivity contribution in [3.63, 3.8) is 0 Å². The minimum absolute atomic E-state index is 0.176. The molecular formula is C14H23NO6. The summed E-state index contributed by atoms with van der Waals surface area (Å²) in [5, 5.41) is 0. The number of ether oxygens (including phenoxy) is 3. The first-order chi connectivity index (χ1) is 9.67. The van der Waals surface area contributed by atoms with Gasteiger partial charge in [-0.2, -0.15) is 0 Å². The smallest absolute Gasteiger partial charge is 0.410 e. The molecule has 21 heavy (non-hydrogen) atoms. The van der Waals surface area contributed by atoms with E-state index in [0.717, 1.165) is 0 Å². The Bertz CT molecular complexity index is 390. The Morgan fingerprint density at radius 2 is 1.38 bits per heavy atom. The third kappa shape index (κ3) is 4.91. The van der Waals surface area contributed by atoms with E-state index >= 15 is 0 Å². The first-order valence-electron chi connectivity index (χ1n) is 6.81. The number of methoxy groups -OCH3 is 2. The first kappa shape index (κ1) is 17.3. The van der Waals surface area contributed by atoms with Crippen LogP contribution >= 0.6 is 0 Å². The van der Waals surface area contributed by atoms with E-state index in [4.69, 9.17) is 14.2 Å². The van der Waals surface area contributed by atoms with Crippen LogP contribution in [0.2, 0.25) is 0 Å². The van der Waals surface area contributed by atoms with Crippen LogP contribution in [0, 0.1) is 11.8 Å². The maximum absolute atomic E-state index is 12.1. The van der Waals surface area contributed by atoms with Crippen molar-refractivity contribution in [3.8, 4) is 0 Å². The number of nitrogens with zero attached hydrogens (tertiary/aromatic N) is 1. The molecule has 1 rings (SSSR count). The van der Waals surface area contributed by atoms with Gasteiger partial charge in [0.25, 0.3) is 0 Å². The number of likely N-dealkylation sites (tertiary alicyclic amines) is 1. The molecule has 0 spiro atoms. The first-order valence-corrected chi connectivity index (χ1v) is 6.81. The molecule has 2 atom stereocenters. The number of piperidine rings is 1. The Hall–Kier alpha value is -1.79. The van der Waals surface area contributed by atoms with Gasteiger partial charge >= 0.3 is 18.0 Å². The second-order valence-electron chi connectivity index (χ2n) is 6.06. The summed E-state index contributed by atoms with van der Waals surface area (Å²) in [6, 6.07) is 0. The lowest BCUT2D eigenvalue weighted by Gasteiger charge is -2.36. The van der Waals surface area contributed by atoms with Crippen LogP contribution in [0.3, 0.4) is 0 Å². The topological polar surface area (TPSA) is 82.1 Å². The predicted octanol–water partition coefficient (Wildman–Crippen LogP) is 1.21. The van der Waals surface area contributed by atoms with Gasteiger partial charge in [-0.1, -0.05) is 0 Å². The molecule has 1 saturated heterocycles. The van der Waals surface area contributed by atoms with E-state index in [0.29, 0.717) is 6.42 Å². The van der Waals surface area contributed by atoms with Crippen LogP contribution in [0.15, 0.2) is 0 Å². The molecule has 1 heterocycles. The number of carbonyl (C=O) groups is 3. The fourth-order valence-corrected chi connectivity index (χ4v) is 2.25. The molecule has 0 unspecified atom stereocenters. The van der Waals surface area contributed by atoms with Crippen molar-refractivity contribution in [1.82, 2.24) is 4.90 Å². The molecule has 0 saturated carbocycles. The van der Waals surface area contributed by atoms with Gasteiger partial charge in [-0.25, -0.2) is 4.79 Å². The van der Waals surface area contributed by atoms with Crippen molar-refractivity contribution < 1.29 is 28.6 Å². The highest BCUT2D eigenvalue weighted by atomic mass is 16.6. The van der Waals surface area contributed by atoms with Gasteiger partial charge < -0.3 is 19.1 Å². The van der Waals surface area contributed by atoms with Crippen LogP contribution in [0.1, 0.15) is 27.2 Å². The van der Waals surface area contributed by atoms with Gasteiger partial charge in [0, 0.05) is 13.1 Å². The molecule has 1 fully saturated rings. The Balaban J connectivity index is 2.85. The molecule has 1 amide bonds. The molecule has 0 radical (unpaired) electrons. The van der Waals surface area contributed by atoms with Crippen molar-refractivity contribution in [2.24, 2.45) is 11.8 Å². The van der Waals surface area contributed by atoms with Crippen molar-refractivity contribution in [2.45, 2.75) is 32.8 Å². The zero-order valence-corrected chi connectivity index (χ0v) is 13.2. The van der Waals surface area contributed by atoms with Gasteiger partial charge in [-0.05, 0) is 27.2 Å². The average Bonchev–Trinajstić information content (AvgIpc) is 2.43. The van der Waals surface area contributed by atoms with Gasteiger partial charge in [0.05, 0.1) is 26.1 Å². The van der Waals surface area contributed by atoms with Crippen LogP contribution in [0.4, 0.5) is 4.79 Å². The second-order valence-corrected chi connectivity index (χ2v) is 6.06. The van der Waals surface area contributed by atoms with Gasteiger partial charge in [-0.3, -0.25) is 9.59 Å². The summed E-state index contributed by atoms with van der Waals surface area (Å²) in [5.41, 5.74) is -0.643. The van der Waals surface area contributed by atoms with Crippen LogP contribution in [-0.2, 0) is 23.8 Å². The average molecular weight is 301 g/mol. The third-order valence-corrected chi connectivity index (χ3v) is 3.17. The number of esters is 2. The highest BCUT2D eigenvalue weighted by Gasteiger charge is 2.39. The summed E-state index contributed by atoms with van der Waals surface area (Å²) in [6.07, 6.45) is -0.247. The highest BCUT2D eigenvalue weighted by molar-refractivity contribution is 5.79. The molecule has 0 bridgehead atoms. The van der Waals surface area contributed by atoms with Crippen molar-refractivity contribution in [3.05, 3.63) is 0 Å². The summed E-state index contributed by atoms with van der Waals surface area (Å²) < 4.78 is 14.7. The largest absolute Gasteiger partial charge is 0.469 e. The lowest BCUT2D eigenvalue weighted by Crippen LogP contribution is -2.50. The van der Waals surface area contributed by atoms with Crippen LogP contribution in [0.25, 0.3) is 0 Å². The molecule has 1 aliphatic heterocycles. The van der Waals surface area contributed by atoms with Gasteiger partial charge in [-0.15, -0.1) is 0 Å². The summed E-state index contributed by atoms with van der Waals surface area (Å²) in [6.45, 7) is 5.61. The van der Waals surface area contributed by atoms with Crippen LogP contribution in [-0.4, -0.2) is 55.8 Å². The molecule has 7 nitrogen and oxygen atoms in total. The number of amides is 1. The molecular weight excluding hydrogens is 278 g/mol. The zero-order valence-electron chi connectivity index (χ0n) is 13.2. The van der Waals surface area contributed by atoms with E-state index in [-0.39, 0.29) is 13.1 Å². The number of hydrogen-bond acceptors (Lipinski definition) is 6. The summed E-state index contributed by atoms with van der Waals surface area (Å²) in [5.74, 6) is -2.00. The fraction of sp³-hybridized carbons (Fsp3) is 0.786. The Labute approximate surface area is 124 Å². The molecule has 0 aromatic carbocycles. The van der Waals surface area contributed by atoms with Gasteiger partial charge in [0.1, 0.15) is 5.60 Å². The predicted molar refractivity (Wildman–Crippen MR) is 73.4 cm³/mol. The molecule has 7 heteroatoms. The maximum atomic E-state index is 12.1. The van der Waals surface area contributed by atoms with E-state index in [2.05, 4.69) is 0 Å². The minimum atomic E-state index is -0.643. The van der Waals surface area contributed by atoms with E-state index in [1.165, 1.54) is 19.1 Å². The quantitative estimate of drug-likeness (QED) is 0.563. The van der Waals surface area contributed by atoms with E-state index in [1.54, 1.807) is 20.8 Å². The van der Waals surface area contributed by atoms with Crippen molar-refractivity contribution >= 4 is 18.0 Å². The number of rotatable bonds is 2. The van der Waals surface area contributed by atoms with Crippen LogP contribution in [0.5, 0.6) is 0 Å². The Kier molecular flexibility index (Phi) is 5.57. The minimum Gasteiger partial charge on any atom is -0.469 e. The van der Waals surface area contributed by atoms with E-state index in [1.807, 2.05) is 0 Å². The Morgan fingerprint density at radius 3 is 1.71 bits per heavy atom. The molecule has 0 N–H and O–H groups in total. The van der Waals surface area contributed by atoms with E-state index < -0.39 is 35.5 Å². The van der Waals surface area contributed by atoms with Crippen molar-refractivity contribution in [1.29, 1.82) is 0 Å². The second kappa shape index (κ2) is 6.78. The maximum Gasteiger partial charge on any atom is 0.410 e. The molecule has 0 aromatic rings. The van der Waals surface area contributed by atoms with Gasteiger partial charge in [0.15, 0.2) is 0 Å². The summed E-state index contributed by atoms with van der Waals surface area (Å²) in [7, 11) is 2.56. The summed E-state index contributed by atoms with van der Waals surface area (Å²) in [4.78, 5) is 36.9. The number of carbonyl (C=O) groups excluding carboxylic acids is 3. The molecule has 120 valence electrons. The van der Waals surface area contributed by atoms with Crippen molar-refractivity contribution in [2.75, 3.05) is 27.3 Å². The SMILES string of the molecule is COC(=O)[C@@H]1C[C@H](C(=O)OC)CN(C(=O)OC(C)(C)C)C1. The lowest BCUT2D eigenvalue weighted by molar-refractivity contribution is -0.153. The molecule has 1 aliphatic rings. The van der Waals surface area contributed by atoms with Crippen LogP contribution < -0.4 is 0 Å². The highest BCUT2D eigenvalue weighted by Crippen LogP contribution is 2.25. The van der Waals surface area contributed by atoms with Gasteiger partial charge in [0.2, 0.25) is 0 Å². The zero-order chi connectivity index (χ0) is 16.2.